The van der Waals surface area contributed by atoms with Crippen LogP contribution in [0.1, 0.15) is 63.4 Å². The largest absolute Gasteiger partial charge is 0.366 e. The number of anilines is 1. The van der Waals surface area contributed by atoms with Crippen molar-refractivity contribution in [3.8, 4) is 0 Å². The number of hydrogen-bond acceptors (Lipinski definition) is 4. The second kappa shape index (κ2) is 6.20. The Balaban J connectivity index is 1.93. The van der Waals surface area contributed by atoms with Gasteiger partial charge < -0.3 is 10.6 Å². The molecule has 1 saturated carbocycles. The van der Waals surface area contributed by atoms with Crippen molar-refractivity contribution in [3.63, 3.8) is 0 Å². The van der Waals surface area contributed by atoms with Gasteiger partial charge in [0.2, 0.25) is 0 Å². The first-order valence-electron chi connectivity index (χ1n) is 7.37. The van der Waals surface area contributed by atoms with Gasteiger partial charge in [-0.3, -0.25) is 4.79 Å². The molecule has 5 nitrogen and oxygen atoms in total. The van der Waals surface area contributed by atoms with Crippen LogP contribution in [-0.4, -0.2) is 27.7 Å². The maximum atomic E-state index is 11.9. The Kier molecular flexibility index (Phi) is 4.57. The standard InChI is InChI=1S/C15H24N4O/c1-15(2,3)17-14(20)12-9-10-13(19-18-12)16-11-7-5-4-6-8-11/h9-11H,4-8H2,1-3H3,(H,16,19)(H,17,20). The van der Waals surface area contributed by atoms with Crippen molar-refractivity contribution in [3.05, 3.63) is 17.8 Å². The smallest absolute Gasteiger partial charge is 0.272 e. The van der Waals surface area contributed by atoms with Crippen molar-refractivity contribution >= 4 is 11.7 Å². The van der Waals surface area contributed by atoms with Gasteiger partial charge in [-0.25, -0.2) is 0 Å². The lowest BCUT2D eigenvalue weighted by Gasteiger charge is -2.23. The molecule has 1 aromatic heterocycles. The number of carbonyl (C=O) groups excluding carboxylic acids is 1. The zero-order valence-corrected chi connectivity index (χ0v) is 12.6. The van der Waals surface area contributed by atoms with E-state index in [0.29, 0.717) is 11.7 Å². The zero-order valence-electron chi connectivity index (χ0n) is 12.6. The van der Waals surface area contributed by atoms with Crippen molar-refractivity contribution in [2.75, 3.05) is 5.32 Å². The van der Waals surface area contributed by atoms with Crippen LogP contribution in [0, 0.1) is 0 Å². The second-order valence-corrected chi connectivity index (χ2v) is 6.49. The molecule has 1 aliphatic rings. The predicted octanol–water partition coefficient (Wildman–Crippen LogP) is 2.75. The van der Waals surface area contributed by atoms with Gasteiger partial charge in [-0.15, -0.1) is 10.2 Å². The summed E-state index contributed by atoms with van der Waals surface area (Å²) in [6.45, 7) is 5.83. The molecule has 0 aromatic carbocycles. The molecule has 5 heteroatoms. The highest BCUT2D eigenvalue weighted by Crippen LogP contribution is 2.20. The Hall–Kier alpha value is -1.65. The van der Waals surface area contributed by atoms with Crippen molar-refractivity contribution < 1.29 is 4.79 Å². The molecule has 0 radical (unpaired) electrons. The molecule has 2 N–H and O–H groups in total. The lowest BCUT2D eigenvalue weighted by atomic mass is 9.95. The third kappa shape index (κ3) is 4.47. The molecule has 1 heterocycles. The lowest BCUT2D eigenvalue weighted by molar-refractivity contribution is 0.0913. The second-order valence-electron chi connectivity index (χ2n) is 6.49. The number of rotatable bonds is 3. The van der Waals surface area contributed by atoms with E-state index in [1.807, 2.05) is 26.8 Å². The fraction of sp³-hybridized carbons (Fsp3) is 0.667. The molecule has 0 spiro atoms. The van der Waals surface area contributed by atoms with Crippen LogP contribution in [0.4, 0.5) is 5.82 Å². The zero-order chi connectivity index (χ0) is 14.6. The SMILES string of the molecule is CC(C)(C)NC(=O)c1ccc(NC2CCCCC2)nn1. The highest BCUT2D eigenvalue weighted by atomic mass is 16.2. The van der Waals surface area contributed by atoms with E-state index < -0.39 is 0 Å². The van der Waals surface area contributed by atoms with Crippen molar-refractivity contribution in [2.45, 2.75) is 64.5 Å². The summed E-state index contributed by atoms with van der Waals surface area (Å²) in [6, 6.07) is 4.05. The van der Waals surface area contributed by atoms with Crippen molar-refractivity contribution in [1.82, 2.24) is 15.5 Å². The van der Waals surface area contributed by atoms with E-state index >= 15 is 0 Å². The molecule has 0 unspecified atom stereocenters. The van der Waals surface area contributed by atoms with Gasteiger partial charge in [0.05, 0.1) is 0 Å². The third-order valence-electron chi connectivity index (χ3n) is 3.34. The van der Waals surface area contributed by atoms with E-state index in [0.717, 1.165) is 5.82 Å². The molecule has 0 saturated heterocycles. The number of amides is 1. The molecule has 110 valence electrons. The molecule has 2 rings (SSSR count). The Morgan fingerprint density at radius 1 is 1.15 bits per heavy atom. The Labute approximate surface area is 120 Å². The maximum Gasteiger partial charge on any atom is 0.272 e. The Morgan fingerprint density at radius 3 is 2.40 bits per heavy atom. The van der Waals surface area contributed by atoms with Gasteiger partial charge in [-0.2, -0.15) is 0 Å². The molecular formula is C15H24N4O. The number of carbonyl (C=O) groups is 1. The molecule has 0 bridgehead atoms. The first-order valence-corrected chi connectivity index (χ1v) is 7.37. The van der Waals surface area contributed by atoms with Crippen LogP contribution >= 0.6 is 0 Å². The molecule has 20 heavy (non-hydrogen) atoms. The Bertz CT molecular complexity index is 444. The van der Waals surface area contributed by atoms with Gasteiger partial charge in [-0.05, 0) is 45.7 Å². The quantitative estimate of drug-likeness (QED) is 0.891. The molecule has 0 atom stereocenters. The van der Waals surface area contributed by atoms with E-state index in [4.69, 9.17) is 0 Å². The van der Waals surface area contributed by atoms with Gasteiger partial charge in [0.25, 0.3) is 5.91 Å². The number of aromatic nitrogens is 2. The minimum Gasteiger partial charge on any atom is -0.366 e. The number of nitrogens with zero attached hydrogens (tertiary/aromatic N) is 2. The normalized spacial score (nSPS) is 16.8. The van der Waals surface area contributed by atoms with Gasteiger partial charge in [0, 0.05) is 11.6 Å². The van der Waals surface area contributed by atoms with Gasteiger partial charge >= 0.3 is 0 Å². The predicted molar refractivity (Wildman–Crippen MR) is 79.7 cm³/mol. The molecule has 0 aliphatic heterocycles. The first kappa shape index (κ1) is 14.8. The van der Waals surface area contributed by atoms with Crippen LogP contribution in [0.2, 0.25) is 0 Å². The fourth-order valence-corrected chi connectivity index (χ4v) is 2.39. The van der Waals surface area contributed by atoms with E-state index in [9.17, 15) is 4.79 Å². The summed E-state index contributed by atoms with van der Waals surface area (Å²) < 4.78 is 0. The van der Waals surface area contributed by atoms with Crippen LogP contribution in [-0.2, 0) is 0 Å². The number of hydrogen-bond donors (Lipinski definition) is 2. The van der Waals surface area contributed by atoms with Crippen molar-refractivity contribution in [2.24, 2.45) is 0 Å². The minimum absolute atomic E-state index is 0.186. The molecule has 1 aliphatic carbocycles. The third-order valence-corrected chi connectivity index (χ3v) is 3.34. The molecule has 1 fully saturated rings. The fourth-order valence-electron chi connectivity index (χ4n) is 2.39. The first-order chi connectivity index (χ1) is 9.44. The summed E-state index contributed by atoms with van der Waals surface area (Å²) in [6.07, 6.45) is 6.26. The van der Waals surface area contributed by atoms with E-state index in [1.165, 1.54) is 32.1 Å². The molecule has 1 aromatic rings. The van der Waals surface area contributed by atoms with Crippen molar-refractivity contribution in [1.29, 1.82) is 0 Å². The lowest BCUT2D eigenvalue weighted by Crippen LogP contribution is -2.41. The van der Waals surface area contributed by atoms with Crippen LogP contribution in [0.15, 0.2) is 12.1 Å². The summed E-state index contributed by atoms with van der Waals surface area (Å²) in [7, 11) is 0. The van der Waals surface area contributed by atoms with Crippen LogP contribution in [0.25, 0.3) is 0 Å². The monoisotopic (exact) mass is 276 g/mol. The van der Waals surface area contributed by atoms with E-state index in [1.54, 1.807) is 6.07 Å². The maximum absolute atomic E-state index is 11.9. The summed E-state index contributed by atoms with van der Waals surface area (Å²) in [5.74, 6) is 0.568. The molecular weight excluding hydrogens is 252 g/mol. The topological polar surface area (TPSA) is 66.9 Å². The van der Waals surface area contributed by atoms with E-state index in [2.05, 4.69) is 20.8 Å². The summed E-state index contributed by atoms with van der Waals surface area (Å²) in [5, 5.41) is 14.4. The van der Waals surface area contributed by atoms with E-state index in [-0.39, 0.29) is 11.4 Å². The highest BCUT2D eigenvalue weighted by molar-refractivity contribution is 5.92. The van der Waals surface area contributed by atoms with Crippen LogP contribution in [0.5, 0.6) is 0 Å². The average molecular weight is 276 g/mol. The molecule has 1 amide bonds. The van der Waals surface area contributed by atoms with Gasteiger partial charge in [0.1, 0.15) is 5.82 Å². The van der Waals surface area contributed by atoms with Crippen LogP contribution < -0.4 is 10.6 Å². The summed E-state index contributed by atoms with van der Waals surface area (Å²) in [5.41, 5.74) is 0.0896. The Morgan fingerprint density at radius 2 is 1.85 bits per heavy atom. The minimum atomic E-state index is -0.266. The number of nitrogens with one attached hydrogen (secondary N) is 2. The van der Waals surface area contributed by atoms with Crippen LogP contribution in [0.3, 0.4) is 0 Å². The highest BCUT2D eigenvalue weighted by Gasteiger charge is 2.17. The summed E-state index contributed by atoms with van der Waals surface area (Å²) in [4.78, 5) is 11.9. The van der Waals surface area contributed by atoms with Gasteiger partial charge in [-0.1, -0.05) is 19.3 Å². The van der Waals surface area contributed by atoms with Gasteiger partial charge in [0.15, 0.2) is 5.69 Å². The summed E-state index contributed by atoms with van der Waals surface area (Å²) >= 11 is 0. The average Bonchev–Trinajstić information content (AvgIpc) is 2.39.